The molecular formula is C12H17NO3. The number of rotatable bonds is 5. The van der Waals surface area contributed by atoms with Gasteiger partial charge in [0, 0.05) is 17.8 Å². The molecule has 0 atom stereocenters. The Morgan fingerprint density at radius 3 is 2.75 bits per heavy atom. The van der Waals surface area contributed by atoms with Crippen molar-refractivity contribution in [2.24, 2.45) is 5.92 Å². The Balaban J connectivity index is 2.89. The molecular weight excluding hydrogens is 206 g/mol. The Morgan fingerprint density at radius 1 is 1.56 bits per heavy atom. The zero-order valence-corrected chi connectivity index (χ0v) is 9.86. The van der Waals surface area contributed by atoms with Gasteiger partial charge in [-0.2, -0.15) is 0 Å². The van der Waals surface area contributed by atoms with E-state index in [-0.39, 0.29) is 5.69 Å². The van der Waals surface area contributed by atoms with Gasteiger partial charge in [0.05, 0.1) is 7.11 Å². The summed E-state index contributed by atoms with van der Waals surface area (Å²) in [6.45, 7) is 4.29. The standard InChI is InChI=1S/C12H17NO3/c1-8(2)4-5-9-7-13-10(12(14)15)6-11(9)16-3/h6-8H,4-5H2,1-3H3,(H,14,15). The van der Waals surface area contributed by atoms with E-state index < -0.39 is 5.97 Å². The number of aromatic nitrogens is 1. The largest absolute Gasteiger partial charge is 0.496 e. The first-order valence-corrected chi connectivity index (χ1v) is 5.30. The van der Waals surface area contributed by atoms with E-state index in [0.29, 0.717) is 11.7 Å². The van der Waals surface area contributed by atoms with Crippen LogP contribution in [0.3, 0.4) is 0 Å². The molecule has 4 nitrogen and oxygen atoms in total. The molecule has 0 aliphatic heterocycles. The number of methoxy groups -OCH3 is 1. The molecule has 0 aromatic carbocycles. The fourth-order valence-corrected chi connectivity index (χ4v) is 1.40. The van der Waals surface area contributed by atoms with E-state index >= 15 is 0 Å². The van der Waals surface area contributed by atoms with E-state index in [0.717, 1.165) is 18.4 Å². The number of nitrogens with zero attached hydrogens (tertiary/aromatic N) is 1. The molecule has 1 heterocycles. The first-order chi connectivity index (χ1) is 7.54. The fraction of sp³-hybridized carbons (Fsp3) is 0.500. The lowest BCUT2D eigenvalue weighted by Crippen LogP contribution is -2.03. The van der Waals surface area contributed by atoms with Crippen molar-refractivity contribution in [2.45, 2.75) is 26.7 Å². The molecule has 16 heavy (non-hydrogen) atoms. The number of hydrogen-bond acceptors (Lipinski definition) is 3. The maximum atomic E-state index is 10.7. The minimum absolute atomic E-state index is 0.0187. The van der Waals surface area contributed by atoms with E-state index in [1.165, 1.54) is 6.07 Å². The van der Waals surface area contributed by atoms with Crippen LogP contribution >= 0.6 is 0 Å². The lowest BCUT2D eigenvalue weighted by Gasteiger charge is -2.09. The topological polar surface area (TPSA) is 59.4 Å². The number of carboxylic acid groups (broad SMARTS) is 1. The highest BCUT2D eigenvalue weighted by atomic mass is 16.5. The molecule has 88 valence electrons. The third-order valence-electron chi connectivity index (χ3n) is 2.37. The molecule has 0 unspecified atom stereocenters. The minimum atomic E-state index is -1.03. The van der Waals surface area contributed by atoms with Crippen molar-refractivity contribution < 1.29 is 14.6 Å². The van der Waals surface area contributed by atoms with Gasteiger partial charge in [-0.05, 0) is 18.8 Å². The first-order valence-electron chi connectivity index (χ1n) is 5.30. The quantitative estimate of drug-likeness (QED) is 0.832. The number of carbonyl (C=O) groups is 1. The number of hydrogen-bond donors (Lipinski definition) is 1. The van der Waals surface area contributed by atoms with Crippen molar-refractivity contribution in [1.82, 2.24) is 4.98 Å². The molecule has 0 saturated heterocycles. The molecule has 1 rings (SSSR count). The van der Waals surface area contributed by atoms with Crippen LogP contribution in [0.5, 0.6) is 5.75 Å². The van der Waals surface area contributed by atoms with Crippen molar-refractivity contribution >= 4 is 5.97 Å². The number of aryl methyl sites for hydroxylation is 1. The zero-order chi connectivity index (χ0) is 12.1. The van der Waals surface area contributed by atoms with Crippen LogP contribution in [-0.4, -0.2) is 23.2 Å². The summed E-state index contributed by atoms with van der Waals surface area (Å²) in [5.41, 5.74) is 0.978. The van der Waals surface area contributed by atoms with E-state index in [9.17, 15) is 4.79 Å². The summed E-state index contributed by atoms with van der Waals surface area (Å²) in [5, 5.41) is 8.80. The van der Waals surface area contributed by atoms with E-state index in [1.807, 2.05) is 0 Å². The molecule has 0 aliphatic rings. The highest BCUT2D eigenvalue weighted by Crippen LogP contribution is 2.21. The Labute approximate surface area is 95.3 Å². The molecule has 0 bridgehead atoms. The summed E-state index contributed by atoms with van der Waals surface area (Å²) >= 11 is 0. The smallest absolute Gasteiger partial charge is 0.354 e. The van der Waals surface area contributed by atoms with Gasteiger partial charge in [-0.1, -0.05) is 13.8 Å². The predicted octanol–water partition coefficient (Wildman–Crippen LogP) is 2.38. The zero-order valence-electron chi connectivity index (χ0n) is 9.86. The van der Waals surface area contributed by atoms with Gasteiger partial charge < -0.3 is 9.84 Å². The Kier molecular flexibility index (Phi) is 4.28. The number of carboxylic acids is 1. The average molecular weight is 223 g/mol. The predicted molar refractivity (Wildman–Crippen MR) is 60.9 cm³/mol. The van der Waals surface area contributed by atoms with Gasteiger partial charge in [0.15, 0.2) is 5.69 Å². The lowest BCUT2D eigenvalue weighted by atomic mass is 10.0. The second-order valence-electron chi connectivity index (χ2n) is 4.12. The SMILES string of the molecule is COc1cc(C(=O)O)ncc1CCC(C)C. The van der Waals surface area contributed by atoms with E-state index in [1.54, 1.807) is 13.3 Å². The van der Waals surface area contributed by atoms with Gasteiger partial charge in [-0.15, -0.1) is 0 Å². The first kappa shape index (κ1) is 12.5. The molecule has 0 aliphatic carbocycles. The summed E-state index contributed by atoms with van der Waals surface area (Å²) in [6.07, 6.45) is 3.48. The van der Waals surface area contributed by atoms with E-state index in [2.05, 4.69) is 18.8 Å². The third kappa shape index (κ3) is 3.22. The van der Waals surface area contributed by atoms with Crippen LogP contribution in [0.1, 0.15) is 36.3 Å². The van der Waals surface area contributed by atoms with Crippen molar-refractivity contribution in [1.29, 1.82) is 0 Å². The summed E-state index contributed by atoms with van der Waals surface area (Å²) in [4.78, 5) is 14.6. The Bertz CT molecular complexity index is 375. The summed E-state index contributed by atoms with van der Waals surface area (Å²) in [5.74, 6) is 0.172. The van der Waals surface area contributed by atoms with Gasteiger partial charge >= 0.3 is 5.97 Å². The van der Waals surface area contributed by atoms with Crippen LogP contribution in [0.2, 0.25) is 0 Å². The van der Waals surface area contributed by atoms with Gasteiger partial charge in [0.2, 0.25) is 0 Å². The molecule has 1 aromatic heterocycles. The molecule has 4 heteroatoms. The van der Waals surface area contributed by atoms with Crippen LogP contribution in [0.25, 0.3) is 0 Å². The normalized spacial score (nSPS) is 10.5. The third-order valence-corrected chi connectivity index (χ3v) is 2.37. The van der Waals surface area contributed by atoms with Gasteiger partial charge in [0.1, 0.15) is 5.75 Å². The average Bonchev–Trinajstić information content (AvgIpc) is 2.25. The Hall–Kier alpha value is -1.58. The van der Waals surface area contributed by atoms with E-state index in [4.69, 9.17) is 9.84 Å². The number of pyridine rings is 1. The molecule has 0 radical (unpaired) electrons. The molecule has 0 amide bonds. The van der Waals surface area contributed by atoms with Crippen molar-refractivity contribution in [3.63, 3.8) is 0 Å². The number of aromatic carboxylic acids is 1. The van der Waals surface area contributed by atoms with Crippen molar-refractivity contribution in [3.8, 4) is 5.75 Å². The molecule has 0 saturated carbocycles. The van der Waals surface area contributed by atoms with Crippen LogP contribution in [0, 0.1) is 5.92 Å². The molecule has 0 spiro atoms. The fourth-order valence-electron chi connectivity index (χ4n) is 1.40. The molecule has 1 aromatic rings. The van der Waals surface area contributed by atoms with Crippen molar-refractivity contribution in [2.75, 3.05) is 7.11 Å². The summed E-state index contributed by atoms with van der Waals surface area (Å²) in [7, 11) is 1.54. The second kappa shape index (κ2) is 5.49. The molecule has 1 N–H and O–H groups in total. The monoisotopic (exact) mass is 223 g/mol. The maximum absolute atomic E-state index is 10.7. The van der Waals surface area contributed by atoms with Crippen LogP contribution in [0.4, 0.5) is 0 Å². The summed E-state index contributed by atoms with van der Waals surface area (Å²) < 4.78 is 5.17. The van der Waals surface area contributed by atoms with Crippen LogP contribution in [-0.2, 0) is 6.42 Å². The van der Waals surface area contributed by atoms with Gasteiger partial charge in [-0.3, -0.25) is 0 Å². The van der Waals surface area contributed by atoms with Crippen LogP contribution < -0.4 is 4.74 Å². The Morgan fingerprint density at radius 2 is 2.25 bits per heavy atom. The second-order valence-corrected chi connectivity index (χ2v) is 4.12. The van der Waals surface area contributed by atoms with Gasteiger partial charge in [0.25, 0.3) is 0 Å². The van der Waals surface area contributed by atoms with Gasteiger partial charge in [-0.25, -0.2) is 9.78 Å². The number of ether oxygens (including phenoxy) is 1. The molecule has 0 fully saturated rings. The van der Waals surface area contributed by atoms with Crippen LogP contribution in [0.15, 0.2) is 12.3 Å². The lowest BCUT2D eigenvalue weighted by molar-refractivity contribution is 0.0690. The maximum Gasteiger partial charge on any atom is 0.354 e. The highest BCUT2D eigenvalue weighted by molar-refractivity contribution is 5.85. The summed E-state index contributed by atoms with van der Waals surface area (Å²) in [6, 6.07) is 1.47. The van der Waals surface area contributed by atoms with Crippen molar-refractivity contribution in [3.05, 3.63) is 23.5 Å². The minimum Gasteiger partial charge on any atom is -0.496 e. The highest BCUT2D eigenvalue weighted by Gasteiger charge is 2.10.